The van der Waals surface area contributed by atoms with Gasteiger partial charge in [-0.1, -0.05) is 12.8 Å². The number of carboxylic acid groups (broad SMARTS) is 1. The number of hydrogen-bond acceptors (Lipinski definition) is 3. The van der Waals surface area contributed by atoms with Crippen LogP contribution in [0.1, 0.15) is 36.9 Å². The van der Waals surface area contributed by atoms with Crippen LogP contribution < -0.4 is 5.32 Å². The highest BCUT2D eigenvalue weighted by molar-refractivity contribution is 5.94. The van der Waals surface area contributed by atoms with Gasteiger partial charge < -0.3 is 10.4 Å². The quantitative estimate of drug-likeness (QED) is 0.889. The predicted octanol–water partition coefficient (Wildman–Crippen LogP) is 2.53. The number of pyridine rings is 1. The van der Waals surface area contributed by atoms with Crippen LogP contribution in [0.4, 0.5) is 5.82 Å². The zero-order chi connectivity index (χ0) is 14.7. The Bertz CT molecular complexity index is 508. The fraction of sp³-hybridized carbons (Fsp3) is 0.533. The van der Waals surface area contributed by atoms with Crippen LogP contribution in [0.2, 0.25) is 0 Å². The SMILES string of the molecule is Cc1cc(C)nc(NC(=O)[C@H]2CCCC[C@H]2C(=O)O)c1. The van der Waals surface area contributed by atoms with Crippen LogP contribution in [-0.4, -0.2) is 22.0 Å². The normalized spacial score (nSPS) is 22.3. The number of nitrogens with one attached hydrogen (secondary N) is 1. The Balaban J connectivity index is 2.11. The Kier molecular flexibility index (Phi) is 4.37. The predicted molar refractivity (Wildman–Crippen MR) is 75.4 cm³/mol. The summed E-state index contributed by atoms with van der Waals surface area (Å²) < 4.78 is 0. The maximum Gasteiger partial charge on any atom is 0.307 e. The number of nitrogens with zero attached hydrogens (tertiary/aromatic N) is 1. The van der Waals surface area contributed by atoms with Gasteiger partial charge >= 0.3 is 5.97 Å². The van der Waals surface area contributed by atoms with Crippen LogP contribution >= 0.6 is 0 Å². The van der Waals surface area contributed by atoms with Gasteiger partial charge in [0, 0.05) is 5.69 Å². The molecule has 1 aromatic rings. The summed E-state index contributed by atoms with van der Waals surface area (Å²) in [5.74, 6) is -1.63. The van der Waals surface area contributed by atoms with Crippen LogP contribution in [0, 0.1) is 25.7 Å². The second kappa shape index (κ2) is 6.03. The minimum atomic E-state index is -0.877. The Labute approximate surface area is 118 Å². The number of amides is 1. The second-order valence-electron chi connectivity index (χ2n) is 5.50. The van der Waals surface area contributed by atoms with Crippen LogP contribution in [0.5, 0.6) is 0 Å². The molecular formula is C15H20N2O3. The van der Waals surface area contributed by atoms with Gasteiger partial charge in [-0.05, 0) is 44.4 Å². The molecule has 0 bridgehead atoms. The molecule has 20 heavy (non-hydrogen) atoms. The number of hydrogen-bond donors (Lipinski definition) is 2. The molecule has 1 fully saturated rings. The van der Waals surface area contributed by atoms with E-state index >= 15 is 0 Å². The van der Waals surface area contributed by atoms with Gasteiger partial charge in [0.05, 0.1) is 11.8 Å². The molecule has 5 heteroatoms. The van der Waals surface area contributed by atoms with E-state index in [1.807, 2.05) is 19.9 Å². The van der Waals surface area contributed by atoms with Crippen molar-refractivity contribution < 1.29 is 14.7 Å². The maximum atomic E-state index is 12.3. The first-order valence-corrected chi connectivity index (χ1v) is 6.96. The first-order chi connectivity index (χ1) is 9.47. The Morgan fingerprint density at radius 3 is 2.45 bits per heavy atom. The molecule has 0 unspecified atom stereocenters. The van der Waals surface area contributed by atoms with Gasteiger partial charge in [-0.3, -0.25) is 9.59 Å². The van der Waals surface area contributed by atoms with Gasteiger partial charge in [-0.15, -0.1) is 0 Å². The minimum absolute atomic E-state index is 0.227. The summed E-state index contributed by atoms with van der Waals surface area (Å²) in [5.41, 5.74) is 1.85. The van der Waals surface area contributed by atoms with Crippen LogP contribution in [0.15, 0.2) is 12.1 Å². The number of carbonyl (C=O) groups is 2. The fourth-order valence-electron chi connectivity index (χ4n) is 2.86. The molecule has 0 spiro atoms. The lowest BCUT2D eigenvalue weighted by atomic mass is 9.79. The summed E-state index contributed by atoms with van der Waals surface area (Å²) in [6.07, 6.45) is 2.99. The van der Waals surface area contributed by atoms with Crippen molar-refractivity contribution >= 4 is 17.7 Å². The average Bonchev–Trinajstić information content (AvgIpc) is 2.37. The third-order valence-corrected chi connectivity index (χ3v) is 3.77. The van der Waals surface area contributed by atoms with Crippen molar-refractivity contribution in [3.63, 3.8) is 0 Å². The molecular weight excluding hydrogens is 256 g/mol. The third kappa shape index (κ3) is 3.35. The monoisotopic (exact) mass is 276 g/mol. The van der Waals surface area contributed by atoms with Crippen molar-refractivity contribution in [3.05, 3.63) is 23.4 Å². The van der Waals surface area contributed by atoms with E-state index in [1.165, 1.54) is 0 Å². The summed E-state index contributed by atoms with van der Waals surface area (Å²) in [5, 5.41) is 12.0. The number of aryl methyl sites for hydroxylation is 2. The highest BCUT2D eigenvalue weighted by atomic mass is 16.4. The highest BCUT2D eigenvalue weighted by Gasteiger charge is 2.35. The van der Waals surface area contributed by atoms with E-state index in [0.29, 0.717) is 18.7 Å². The molecule has 0 aromatic carbocycles. The molecule has 2 N–H and O–H groups in total. The van der Waals surface area contributed by atoms with Crippen molar-refractivity contribution in [2.24, 2.45) is 11.8 Å². The number of anilines is 1. The summed E-state index contributed by atoms with van der Waals surface area (Å²) >= 11 is 0. The molecule has 2 atom stereocenters. The molecule has 1 aromatic heterocycles. The van der Waals surface area contributed by atoms with Gasteiger partial charge in [0.15, 0.2) is 0 Å². The van der Waals surface area contributed by atoms with E-state index in [0.717, 1.165) is 24.1 Å². The Morgan fingerprint density at radius 2 is 1.85 bits per heavy atom. The van der Waals surface area contributed by atoms with Crippen LogP contribution in [-0.2, 0) is 9.59 Å². The minimum Gasteiger partial charge on any atom is -0.481 e. The lowest BCUT2D eigenvalue weighted by molar-refractivity contribution is -0.147. The molecule has 1 amide bonds. The first kappa shape index (κ1) is 14.5. The highest BCUT2D eigenvalue weighted by Crippen LogP contribution is 2.31. The van der Waals surface area contributed by atoms with E-state index in [2.05, 4.69) is 10.3 Å². The van der Waals surface area contributed by atoms with Gasteiger partial charge in [-0.2, -0.15) is 0 Å². The smallest absolute Gasteiger partial charge is 0.307 e. The topological polar surface area (TPSA) is 79.3 Å². The van der Waals surface area contributed by atoms with Crippen molar-refractivity contribution in [1.82, 2.24) is 4.98 Å². The lowest BCUT2D eigenvalue weighted by Gasteiger charge is -2.27. The van der Waals surface area contributed by atoms with E-state index in [-0.39, 0.29) is 5.91 Å². The molecule has 5 nitrogen and oxygen atoms in total. The largest absolute Gasteiger partial charge is 0.481 e. The van der Waals surface area contributed by atoms with Gasteiger partial charge in [0.25, 0.3) is 0 Å². The molecule has 1 saturated carbocycles. The Hall–Kier alpha value is -1.91. The fourth-order valence-corrected chi connectivity index (χ4v) is 2.86. The zero-order valence-corrected chi connectivity index (χ0v) is 11.8. The van der Waals surface area contributed by atoms with Crippen molar-refractivity contribution in [1.29, 1.82) is 0 Å². The van der Waals surface area contributed by atoms with Gasteiger partial charge in [0.1, 0.15) is 5.82 Å². The number of carbonyl (C=O) groups excluding carboxylic acids is 1. The lowest BCUT2D eigenvalue weighted by Crippen LogP contribution is -2.36. The van der Waals surface area contributed by atoms with E-state index in [4.69, 9.17) is 0 Å². The van der Waals surface area contributed by atoms with E-state index in [1.54, 1.807) is 6.07 Å². The molecule has 0 radical (unpaired) electrons. The number of rotatable bonds is 3. The molecule has 0 aliphatic heterocycles. The molecule has 2 rings (SSSR count). The summed E-state index contributed by atoms with van der Waals surface area (Å²) in [6.45, 7) is 3.80. The molecule has 1 heterocycles. The van der Waals surface area contributed by atoms with E-state index in [9.17, 15) is 14.7 Å². The number of aromatic nitrogens is 1. The third-order valence-electron chi connectivity index (χ3n) is 3.77. The summed E-state index contributed by atoms with van der Waals surface area (Å²) in [6, 6.07) is 3.72. The van der Waals surface area contributed by atoms with Crippen molar-refractivity contribution in [3.8, 4) is 0 Å². The first-order valence-electron chi connectivity index (χ1n) is 6.96. The Morgan fingerprint density at radius 1 is 1.20 bits per heavy atom. The number of aliphatic carboxylic acids is 1. The van der Waals surface area contributed by atoms with Crippen molar-refractivity contribution in [2.75, 3.05) is 5.32 Å². The maximum absolute atomic E-state index is 12.3. The van der Waals surface area contributed by atoms with Gasteiger partial charge in [-0.25, -0.2) is 4.98 Å². The zero-order valence-electron chi connectivity index (χ0n) is 11.8. The standard InChI is InChI=1S/C15H20N2O3/c1-9-7-10(2)16-13(8-9)17-14(18)11-5-3-4-6-12(11)15(19)20/h7-8,11-12H,3-6H2,1-2H3,(H,19,20)(H,16,17,18)/t11-,12+/m0/s1. The van der Waals surface area contributed by atoms with Gasteiger partial charge in [0.2, 0.25) is 5.91 Å². The second-order valence-corrected chi connectivity index (χ2v) is 5.50. The van der Waals surface area contributed by atoms with E-state index < -0.39 is 17.8 Å². The number of carboxylic acids is 1. The summed E-state index contributed by atoms with van der Waals surface area (Å²) in [4.78, 5) is 27.8. The van der Waals surface area contributed by atoms with Crippen molar-refractivity contribution in [2.45, 2.75) is 39.5 Å². The average molecular weight is 276 g/mol. The summed E-state index contributed by atoms with van der Waals surface area (Å²) in [7, 11) is 0. The van der Waals surface area contributed by atoms with Crippen LogP contribution in [0.3, 0.4) is 0 Å². The molecule has 0 saturated heterocycles. The van der Waals surface area contributed by atoms with Crippen LogP contribution in [0.25, 0.3) is 0 Å². The molecule has 108 valence electrons. The molecule has 1 aliphatic carbocycles. The molecule has 1 aliphatic rings.